The SMILES string of the molecule is N#Cc1cc2c(nc1OC1CNC1)CCC2. The van der Waals surface area contributed by atoms with Crippen molar-refractivity contribution in [1.82, 2.24) is 10.3 Å². The molecule has 1 aromatic rings. The Balaban J connectivity index is 1.93. The number of nitriles is 1. The minimum atomic E-state index is 0.180. The van der Waals surface area contributed by atoms with Gasteiger partial charge < -0.3 is 10.1 Å². The molecular formula is C12H13N3O. The molecule has 0 saturated carbocycles. The van der Waals surface area contributed by atoms with Crippen molar-refractivity contribution >= 4 is 0 Å². The Kier molecular flexibility index (Phi) is 2.26. The zero-order chi connectivity index (χ0) is 11.0. The molecular weight excluding hydrogens is 202 g/mol. The summed E-state index contributed by atoms with van der Waals surface area (Å²) in [6.07, 6.45) is 3.38. The van der Waals surface area contributed by atoms with Crippen molar-refractivity contribution in [3.8, 4) is 11.9 Å². The molecule has 16 heavy (non-hydrogen) atoms. The van der Waals surface area contributed by atoms with Gasteiger partial charge in [0.2, 0.25) is 5.88 Å². The van der Waals surface area contributed by atoms with E-state index in [-0.39, 0.29) is 6.10 Å². The largest absolute Gasteiger partial charge is 0.471 e. The molecule has 1 saturated heterocycles. The summed E-state index contributed by atoms with van der Waals surface area (Å²) in [5, 5.41) is 12.2. The molecule has 2 heterocycles. The molecule has 0 unspecified atom stereocenters. The number of aromatic nitrogens is 1. The molecule has 0 bridgehead atoms. The van der Waals surface area contributed by atoms with Gasteiger partial charge in [-0.1, -0.05) is 0 Å². The predicted octanol–water partition coefficient (Wildman–Crippen LogP) is 0.793. The summed E-state index contributed by atoms with van der Waals surface area (Å²) in [6, 6.07) is 4.11. The second-order valence-corrected chi connectivity index (χ2v) is 4.31. The summed E-state index contributed by atoms with van der Waals surface area (Å²) in [5.41, 5.74) is 2.91. The van der Waals surface area contributed by atoms with Crippen LogP contribution in [0.15, 0.2) is 6.07 Å². The van der Waals surface area contributed by atoms with E-state index in [9.17, 15) is 0 Å². The van der Waals surface area contributed by atoms with E-state index in [0.717, 1.165) is 38.0 Å². The van der Waals surface area contributed by atoms with Crippen molar-refractivity contribution in [3.05, 3.63) is 22.9 Å². The molecule has 82 valence electrons. The van der Waals surface area contributed by atoms with Gasteiger partial charge in [-0.15, -0.1) is 0 Å². The van der Waals surface area contributed by atoms with E-state index in [4.69, 9.17) is 10.00 Å². The molecule has 0 atom stereocenters. The Labute approximate surface area is 94.2 Å². The second-order valence-electron chi connectivity index (χ2n) is 4.31. The second kappa shape index (κ2) is 3.76. The van der Waals surface area contributed by atoms with Crippen molar-refractivity contribution in [2.75, 3.05) is 13.1 Å². The van der Waals surface area contributed by atoms with E-state index < -0.39 is 0 Å². The fourth-order valence-electron chi connectivity index (χ4n) is 2.13. The lowest BCUT2D eigenvalue weighted by molar-refractivity contribution is 0.135. The molecule has 1 N–H and O–H groups in total. The lowest BCUT2D eigenvalue weighted by atomic mass is 10.1. The average Bonchev–Trinajstić information content (AvgIpc) is 2.68. The third-order valence-electron chi connectivity index (χ3n) is 3.16. The number of hydrogen-bond donors (Lipinski definition) is 1. The molecule has 0 aromatic carbocycles. The van der Waals surface area contributed by atoms with E-state index in [2.05, 4.69) is 16.4 Å². The van der Waals surface area contributed by atoms with Gasteiger partial charge in [0.15, 0.2) is 0 Å². The summed E-state index contributed by atoms with van der Waals surface area (Å²) >= 11 is 0. The van der Waals surface area contributed by atoms with Gasteiger partial charge >= 0.3 is 0 Å². The van der Waals surface area contributed by atoms with Gasteiger partial charge in [-0.2, -0.15) is 5.26 Å². The zero-order valence-corrected chi connectivity index (χ0v) is 8.99. The van der Waals surface area contributed by atoms with Gasteiger partial charge in [-0.25, -0.2) is 4.98 Å². The minimum Gasteiger partial charge on any atom is -0.471 e. The van der Waals surface area contributed by atoms with Crippen LogP contribution in [0.5, 0.6) is 5.88 Å². The van der Waals surface area contributed by atoms with Crippen LogP contribution >= 0.6 is 0 Å². The van der Waals surface area contributed by atoms with Gasteiger partial charge in [0.1, 0.15) is 17.7 Å². The Bertz CT molecular complexity index is 460. The van der Waals surface area contributed by atoms with E-state index >= 15 is 0 Å². The zero-order valence-electron chi connectivity index (χ0n) is 8.99. The molecule has 1 aliphatic heterocycles. The van der Waals surface area contributed by atoms with Crippen LogP contribution < -0.4 is 10.1 Å². The van der Waals surface area contributed by atoms with Crippen LogP contribution in [0, 0.1) is 11.3 Å². The van der Waals surface area contributed by atoms with Crippen molar-refractivity contribution in [3.63, 3.8) is 0 Å². The van der Waals surface area contributed by atoms with Crippen molar-refractivity contribution < 1.29 is 4.74 Å². The highest BCUT2D eigenvalue weighted by molar-refractivity contribution is 5.44. The highest BCUT2D eigenvalue weighted by Gasteiger charge is 2.23. The van der Waals surface area contributed by atoms with Crippen LogP contribution in [-0.4, -0.2) is 24.2 Å². The van der Waals surface area contributed by atoms with Gasteiger partial charge in [0, 0.05) is 18.8 Å². The van der Waals surface area contributed by atoms with E-state index in [1.54, 1.807) is 0 Å². The standard InChI is InChI=1S/C12H13N3O/c13-5-9-4-8-2-1-3-11(8)15-12(9)16-10-6-14-7-10/h4,10,14H,1-3,6-7H2. The highest BCUT2D eigenvalue weighted by atomic mass is 16.5. The lowest BCUT2D eigenvalue weighted by Gasteiger charge is -2.27. The molecule has 0 spiro atoms. The maximum atomic E-state index is 9.07. The number of pyridine rings is 1. The number of fused-ring (bicyclic) bond motifs is 1. The van der Waals surface area contributed by atoms with Crippen LogP contribution in [0.25, 0.3) is 0 Å². The summed E-state index contributed by atoms with van der Waals surface area (Å²) < 4.78 is 5.70. The summed E-state index contributed by atoms with van der Waals surface area (Å²) in [6.45, 7) is 1.70. The van der Waals surface area contributed by atoms with Crippen LogP contribution in [0.2, 0.25) is 0 Å². The van der Waals surface area contributed by atoms with Gasteiger partial charge in [0.25, 0.3) is 0 Å². The molecule has 0 radical (unpaired) electrons. The fraction of sp³-hybridized carbons (Fsp3) is 0.500. The Morgan fingerprint density at radius 3 is 3.00 bits per heavy atom. The Morgan fingerprint density at radius 1 is 1.44 bits per heavy atom. The summed E-state index contributed by atoms with van der Waals surface area (Å²) in [7, 11) is 0. The quantitative estimate of drug-likeness (QED) is 0.792. The molecule has 1 aliphatic carbocycles. The van der Waals surface area contributed by atoms with Crippen molar-refractivity contribution in [1.29, 1.82) is 5.26 Å². The predicted molar refractivity (Wildman–Crippen MR) is 58.3 cm³/mol. The van der Waals surface area contributed by atoms with E-state index in [0.29, 0.717) is 11.4 Å². The first kappa shape index (κ1) is 9.61. The fourth-order valence-corrected chi connectivity index (χ4v) is 2.13. The molecule has 1 fully saturated rings. The van der Waals surface area contributed by atoms with Gasteiger partial charge in [-0.3, -0.25) is 0 Å². The first-order valence-corrected chi connectivity index (χ1v) is 5.67. The number of nitrogens with zero attached hydrogens (tertiary/aromatic N) is 2. The number of aryl methyl sites for hydroxylation is 2. The smallest absolute Gasteiger partial charge is 0.232 e. The Morgan fingerprint density at radius 2 is 2.31 bits per heavy atom. The van der Waals surface area contributed by atoms with Crippen LogP contribution in [0.4, 0.5) is 0 Å². The topological polar surface area (TPSA) is 57.9 Å². The minimum absolute atomic E-state index is 0.180. The monoisotopic (exact) mass is 215 g/mol. The van der Waals surface area contributed by atoms with Crippen molar-refractivity contribution in [2.24, 2.45) is 0 Å². The van der Waals surface area contributed by atoms with Gasteiger partial charge in [0.05, 0.1) is 0 Å². The summed E-state index contributed by atoms with van der Waals surface area (Å²) in [5.74, 6) is 0.523. The summed E-state index contributed by atoms with van der Waals surface area (Å²) in [4.78, 5) is 4.47. The number of nitrogens with one attached hydrogen (secondary N) is 1. The normalized spacial score (nSPS) is 18.7. The maximum Gasteiger partial charge on any atom is 0.232 e. The maximum absolute atomic E-state index is 9.07. The van der Waals surface area contributed by atoms with Crippen LogP contribution in [-0.2, 0) is 12.8 Å². The first-order chi connectivity index (χ1) is 7.86. The number of ether oxygens (including phenoxy) is 1. The van der Waals surface area contributed by atoms with Gasteiger partial charge in [-0.05, 0) is 30.9 Å². The lowest BCUT2D eigenvalue weighted by Crippen LogP contribution is -2.50. The molecule has 4 nitrogen and oxygen atoms in total. The van der Waals surface area contributed by atoms with E-state index in [1.165, 1.54) is 5.56 Å². The molecule has 2 aliphatic rings. The number of hydrogen-bond acceptors (Lipinski definition) is 4. The van der Waals surface area contributed by atoms with Crippen LogP contribution in [0.3, 0.4) is 0 Å². The molecule has 4 heteroatoms. The molecule has 0 amide bonds. The average molecular weight is 215 g/mol. The van der Waals surface area contributed by atoms with Crippen molar-refractivity contribution in [2.45, 2.75) is 25.4 Å². The molecule has 1 aromatic heterocycles. The third-order valence-corrected chi connectivity index (χ3v) is 3.16. The Hall–Kier alpha value is -1.60. The first-order valence-electron chi connectivity index (χ1n) is 5.67. The van der Waals surface area contributed by atoms with E-state index in [1.807, 2.05) is 6.07 Å². The van der Waals surface area contributed by atoms with Crippen LogP contribution in [0.1, 0.15) is 23.2 Å². The third kappa shape index (κ3) is 1.54. The number of rotatable bonds is 2. The highest BCUT2D eigenvalue weighted by Crippen LogP contribution is 2.26. The molecule has 3 rings (SSSR count).